The van der Waals surface area contributed by atoms with Crippen molar-refractivity contribution in [1.29, 1.82) is 0 Å². The van der Waals surface area contributed by atoms with Gasteiger partial charge in [0.25, 0.3) is 11.6 Å². The Kier molecular flexibility index (Phi) is 2.78. The Bertz CT molecular complexity index is 678. The van der Waals surface area contributed by atoms with E-state index in [0.717, 1.165) is 11.3 Å². The summed E-state index contributed by atoms with van der Waals surface area (Å²) in [5.74, 6) is -0.154. The van der Waals surface area contributed by atoms with E-state index in [4.69, 9.17) is 4.42 Å². The van der Waals surface area contributed by atoms with Crippen LogP contribution in [0.25, 0.3) is 0 Å². The van der Waals surface area contributed by atoms with Gasteiger partial charge in [0.15, 0.2) is 0 Å². The number of nitro groups is 1. The minimum atomic E-state index is -0.425. The van der Waals surface area contributed by atoms with Gasteiger partial charge in [-0.3, -0.25) is 14.9 Å². The number of hydrogen-bond donors (Lipinski definition) is 0. The maximum absolute atomic E-state index is 12.4. The molecule has 0 unspecified atom stereocenters. The molecule has 1 amide bonds. The second-order valence-electron chi connectivity index (χ2n) is 4.81. The van der Waals surface area contributed by atoms with Crippen LogP contribution in [0.4, 0.5) is 11.4 Å². The molecule has 102 valence electrons. The van der Waals surface area contributed by atoms with Crippen molar-refractivity contribution in [2.24, 2.45) is 0 Å². The zero-order valence-corrected chi connectivity index (χ0v) is 10.8. The van der Waals surface area contributed by atoms with Gasteiger partial charge in [-0.1, -0.05) is 0 Å². The largest absolute Gasteiger partial charge is 0.472 e. The molecule has 2 heterocycles. The van der Waals surface area contributed by atoms with Crippen molar-refractivity contribution in [3.8, 4) is 0 Å². The first-order valence-corrected chi connectivity index (χ1v) is 6.21. The van der Waals surface area contributed by atoms with Gasteiger partial charge in [-0.2, -0.15) is 0 Å². The Labute approximate surface area is 114 Å². The highest BCUT2D eigenvalue weighted by molar-refractivity contribution is 6.07. The fourth-order valence-corrected chi connectivity index (χ4v) is 2.57. The second kappa shape index (κ2) is 4.48. The molecule has 6 heteroatoms. The molecule has 1 atom stereocenters. The van der Waals surface area contributed by atoms with Crippen molar-refractivity contribution >= 4 is 17.3 Å². The van der Waals surface area contributed by atoms with E-state index >= 15 is 0 Å². The number of non-ortho nitro benzene ring substituents is 1. The first kappa shape index (κ1) is 12.4. The molecule has 0 aliphatic carbocycles. The van der Waals surface area contributed by atoms with Crippen LogP contribution in [-0.2, 0) is 6.42 Å². The first-order chi connectivity index (χ1) is 9.58. The number of furan rings is 1. The predicted molar refractivity (Wildman–Crippen MR) is 71.8 cm³/mol. The zero-order valence-electron chi connectivity index (χ0n) is 10.8. The van der Waals surface area contributed by atoms with Gasteiger partial charge < -0.3 is 9.32 Å². The molecule has 0 spiro atoms. The van der Waals surface area contributed by atoms with Crippen LogP contribution in [0.15, 0.2) is 41.2 Å². The van der Waals surface area contributed by atoms with Crippen LogP contribution in [0.5, 0.6) is 0 Å². The van der Waals surface area contributed by atoms with Crippen LogP contribution in [-0.4, -0.2) is 16.9 Å². The van der Waals surface area contributed by atoms with Gasteiger partial charge in [-0.05, 0) is 31.0 Å². The van der Waals surface area contributed by atoms with E-state index in [9.17, 15) is 14.9 Å². The Morgan fingerprint density at radius 2 is 2.25 bits per heavy atom. The van der Waals surface area contributed by atoms with Crippen molar-refractivity contribution in [2.45, 2.75) is 19.4 Å². The van der Waals surface area contributed by atoms with E-state index in [0.29, 0.717) is 12.0 Å². The number of nitrogens with zero attached hydrogens (tertiary/aromatic N) is 2. The summed E-state index contributed by atoms with van der Waals surface area (Å²) in [6.07, 6.45) is 3.46. The van der Waals surface area contributed by atoms with Crippen molar-refractivity contribution in [3.05, 3.63) is 58.0 Å². The number of rotatable bonds is 2. The summed E-state index contributed by atoms with van der Waals surface area (Å²) < 4.78 is 4.93. The van der Waals surface area contributed by atoms with Gasteiger partial charge >= 0.3 is 0 Å². The summed E-state index contributed by atoms with van der Waals surface area (Å²) in [6.45, 7) is 1.92. The number of amides is 1. The van der Waals surface area contributed by atoms with Crippen LogP contribution >= 0.6 is 0 Å². The standard InChI is InChI=1S/C14H12N2O4/c1-9-6-11-7-12(16(18)19)2-3-13(11)15(9)14(17)10-4-5-20-8-10/h2-5,7-9H,6H2,1H3/t9-/m0/s1. The minimum Gasteiger partial charge on any atom is -0.472 e. The lowest BCUT2D eigenvalue weighted by Crippen LogP contribution is -2.35. The molecular weight excluding hydrogens is 260 g/mol. The summed E-state index contributed by atoms with van der Waals surface area (Å²) in [5.41, 5.74) is 2.08. The molecule has 1 aliphatic heterocycles. The molecule has 0 N–H and O–H groups in total. The number of fused-ring (bicyclic) bond motifs is 1. The maximum atomic E-state index is 12.4. The number of carbonyl (C=O) groups excluding carboxylic acids is 1. The Morgan fingerprint density at radius 1 is 1.45 bits per heavy atom. The van der Waals surface area contributed by atoms with Crippen molar-refractivity contribution < 1.29 is 14.1 Å². The van der Waals surface area contributed by atoms with E-state index in [2.05, 4.69) is 0 Å². The Morgan fingerprint density at radius 3 is 2.90 bits per heavy atom. The highest BCUT2D eigenvalue weighted by atomic mass is 16.6. The molecular formula is C14H12N2O4. The van der Waals surface area contributed by atoms with Gasteiger partial charge in [0, 0.05) is 23.9 Å². The third kappa shape index (κ3) is 1.85. The van der Waals surface area contributed by atoms with Crippen LogP contribution in [0.3, 0.4) is 0 Å². The van der Waals surface area contributed by atoms with Gasteiger partial charge in [-0.25, -0.2) is 0 Å². The summed E-state index contributed by atoms with van der Waals surface area (Å²) in [5, 5.41) is 10.8. The van der Waals surface area contributed by atoms with Crippen molar-refractivity contribution in [3.63, 3.8) is 0 Å². The van der Waals surface area contributed by atoms with E-state index in [1.165, 1.54) is 24.7 Å². The number of carbonyl (C=O) groups is 1. The van der Waals surface area contributed by atoms with E-state index < -0.39 is 4.92 Å². The predicted octanol–water partition coefficient (Wildman–Crippen LogP) is 2.78. The molecule has 0 bridgehead atoms. The number of hydrogen-bond acceptors (Lipinski definition) is 4. The van der Waals surface area contributed by atoms with Gasteiger partial charge in [0.05, 0.1) is 16.7 Å². The Hall–Kier alpha value is -2.63. The van der Waals surface area contributed by atoms with Crippen molar-refractivity contribution in [1.82, 2.24) is 0 Å². The molecule has 0 saturated carbocycles. The smallest absolute Gasteiger partial charge is 0.269 e. The molecule has 1 aliphatic rings. The van der Waals surface area contributed by atoms with E-state index in [1.807, 2.05) is 6.92 Å². The third-order valence-electron chi connectivity index (χ3n) is 3.48. The second-order valence-corrected chi connectivity index (χ2v) is 4.81. The molecule has 2 aromatic rings. The van der Waals surface area contributed by atoms with Crippen LogP contribution in [0, 0.1) is 10.1 Å². The van der Waals surface area contributed by atoms with Gasteiger partial charge in [0.2, 0.25) is 0 Å². The summed E-state index contributed by atoms with van der Waals surface area (Å²) in [4.78, 5) is 24.5. The lowest BCUT2D eigenvalue weighted by atomic mass is 10.1. The van der Waals surface area contributed by atoms with Crippen LogP contribution < -0.4 is 4.90 Å². The van der Waals surface area contributed by atoms with Crippen molar-refractivity contribution in [2.75, 3.05) is 4.90 Å². The maximum Gasteiger partial charge on any atom is 0.269 e. The molecule has 1 aromatic heterocycles. The molecule has 20 heavy (non-hydrogen) atoms. The summed E-state index contributed by atoms with van der Waals surface area (Å²) in [6, 6.07) is 6.17. The number of benzene rings is 1. The normalized spacial score (nSPS) is 17.1. The van der Waals surface area contributed by atoms with Crippen LogP contribution in [0.2, 0.25) is 0 Å². The third-order valence-corrected chi connectivity index (χ3v) is 3.48. The molecule has 6 nitrogen and oxygen atoms in total. The zero-order chi connectivity index (χ0) is 14.3. The highest BCUT2D eigenvalue weighted by Gasteiger charge is 2.32. The average Bonchev–Trinajstić information content (AvgIpc) is 3.03. The quantitative estimate of drug-likeness (QED) is 0.622. The molecule has 1 aromatic carbocycles. The molecule has 0 fully saturated rings. The van der Waals surface area contributed by atoms with Gasteiger partial charge in [-0.15, -0.1) is 0 Å². The minimum absolute atomic E-state index is 0.0330. The summed E-state index contributed by atoms with van der Waals surface area (Å²) >= 11 is 0. The molecule has 3 rings (SSSR count). The number of anilines is 1. The lowest BCUT2D eigenvalue weighted by Gasteiger charge is -2.21. The molecule has 0 saturated heterocycles. The average molecular weight is 272 g/mol. The monoisotopic (exact) mass is 272 g/mol. The van der Waals surface area contributed by atoms with Crippen LogP contribution in [0.1, 0.15) is 22.8 Å². The van der Waals surface area contributed by atoms with E-state index in [-0.39, 0.29) is 17.6 Å². The number of nitro benzene ring substituents is 1. The lowest BCUT2D eigenvalue weighted by molar-refractivity contribution is -0.384. The first-order valence-electron chi connectivity index (χ1n) is 6.21. The summed E-state index contributed by atoms with van der Waals surface area (Å²) in [7, 11) is 0. The SMILES string of the molecule is C[C@H]1Cc2cc([N+](=O)[O-])ccc2N1C(=O)c1ccoc1. The topological polar surface area (TPSA) is 76.6 Å². The molecule has 0 radical (unpaired) electrons. The fourth-order valence-electron chi connectivity index (χ4n) is 2.57. The van der Waals surface area contributed by atoms with E-state index in [1.54, 1.807) is 17.0 Å². The fraction of sp³-hybridized carbons (Fsp3) is 0.214. The highest BCUT2D eigenvalue weighted by Crippen LogP contribution is 2.35. The Balaban J connectivity index is 2.00. The van der Waals surface area contributed by atoms with Gasteiger partial charge in [0.1, 0.15) is 6.26 Å².